The molecule has 1 amide bonds. The molecule has 0 saturated carbocycles. The standard InChI is InChI=1S/C42H43NO10S/c1-25-8-13-29(14-9-25)54-49-21-20-48-19-18-43-36(44)26-10-15-31-30(22-26)37(45)53-42(31)32-16-11-27(50-38(46)40(2,3)4)23-34(32)52-35-24-28(12-17-33(35)42)51-39(47)41(5,6)7/h8-17,22-24H,18-21H2,1-7H3,(H,43,44). The van der Waals surface area contributed by atoms with Crippen molar-refractivity contribution in [1.29, 1.82) is 0 Å². The number of hydrogen-bond acceptors (Lipinski definition) is 11. The molecule has 0 bridgehead atoms. The topological polar surface area (TPSA) is 136 Å². The average molecular weight is 754 g/mol. The summed E-state index contributed by atoms with van der Waals surface area (Å²) >= 11 is 1.28. The fraction of sp³-hybridized carbons (Fsp3) is 0.333. The second-order valence-electron chi connectivity index (χ2n) is 15.1. The van der Waals surface area contributed by atoms with Gasteiger partial charge in [0.05, 0.1) is 36.2 Å². The first-order valence-corrected chi connectivity index (χ1v) is 18.3. The zero-order valence-corrected chi connectivity index (χ0v) is 32.1. The number of benzene rings is 4. The first kappa shape index (κ1) is 38.6. The van der Waals surface area contributed by atoms with Crippen LogP contribution in [0.1, 0.15) is 84.5 Å². The van der Waals surface area contributed by atoms with Crippen LogP contribution in [-0.2, 0) is 28.8 Å². The number of esters is 3. The Morgan fingerprint density at radius 3 is 1.87 bits per heavy atom. The molecule has 1 spiro atoms. The zero-order valence-electron chi connectivity index (χ0n) is 31.3. The summed E-state index contributed by atoms with van der Waals surface area (Å²) in [6, 6.07) is 22.6. The first-order valence-electron chi connectivity index (χ1n) is 17.6. The average Bonchev–Trinajstić information content (AvgIpc) is 3.40. The van der Waals surface area contributed by atoms with Crippen molar-refractivity contribution in [3.05, 3.63) is 112 Å². The van der Waals surface area contributed by atoms with Crippen molar-refractivity contribution in [3.8, 4) is 23.0 Å². The summed E-state index contributed by atoms with van der Waals surface area (Å²) < 4.78 is 35.1. The van der Waals surface area contributed by atoms with Crippen molar-refractivity contribution < 1.29 is 47.0 Å². The predicted molar refractivity (Wildman–Crippen MR) is 201 cm³/mol. The first-order chi connectivity index (χ1) is 25.6. The van der Waals surface area contributed by atoms with Gasteiger partial charge in [-0.3, -0.25) is 14.4 Å². The van der Waals surface area contributed by atoms with E-state index in [2.05, 4.69) is 5.32 Å². The second kappa shape index (κ2) is 15.3. The quantitative estimate of drug-likeness (QED) is 0.0692. The summed E-state index contributed by atoms with van der Waals surface area (Å²) in [5, 5.41) is 2.83. The summed E-state index contributed by atoms with van der Waals surface area (Å²) in [5.41, 5.74) is 0.0816. The zero-order chi connectivity index (χ0) is 38.8. The fourth-order valence-electron chi connectivity index (χ4n) is 5.71. The minimum absolute atomic E-state index is 0.201. The van der Waals surface area contributed by atoms with Gasteiger partial charge in [-0.05, 0) is 97.0 Å². The van der Waals surface area contributed by atoms with Crippen LogP contribution in [0, 0.1) is 17.8 Å². The molecule has 0 saturated heterocycles. The Morgan fingerprint density at radius 2 is 1.30 bits per heavy atom. The molecular formula is C42H43NO10S. The van der Waals surface area contributed by atoms with Gasteiger partial charge in [0.1, 0.15) is 23.0 Å². The minimum Gasteiger partial charge on any atom is -0.456 e. The monoisotopic (exact) mass is 753 g/mol. The molecule has 12 heteroatoms. The van der Waals surface area contributed by atoms with E-state index in [4.69, 9.17) is 27.9 Å². The van der Waals surface area contributed by atoms with Crippen LogP contribution in [-0.4, -0.2) is 50.2 Å². The number of rotatable bonds is 11. The highest BCUT2D eigenvalue weighted by Gasteiger charge is 2.54. The largest absolute Gasteiger partial charge is 0.456 e. The van der Waals surface area contributed by atoms with Gasteiger partial charge in [0.2, 0.25) is 0 Å². The molecule has 11 nitrogen and oxygen atoms in total. The molecule has 0 atom stereocenters. The van der Waals surface area contributed by atoms with Gasteiger partial charge in [-0.2, -0.15) is 0 Å². The van der Waals surface area contributed by atoms with Crippen molar-refractivity contribution in [2.75, 3.05) is 26.4 Å². The number of carbonyl (C=O) groups excluding carboxylic acids is 4. The normalized spacial score (nSPS) is 13.9. The maximum absolute atomic E-state index is 13.7. The molecule has 2 aliphatic rings. The van der Waals surface area contributed by atoms with Gasteiger partial charge < -0.3 is 33.2 Å². The van der Waals surface area contributed by atoms with Crippen LogP contribution < -0.4 is 19.5 Å². The molecule has 4 aromatic rings. The third kappa shape index (κ3) is 8.15. The second-order valence-corrected chi connectivity index (χ2v) is 16.0. The summed E-state index contributed by atoms with van der Waals surface area (Å²) in [6.07, 6.45) is 0. The van der Waals surface area contributed by atoms with Gasteiger partial charge in [0, 0.05) is 57.9 Å². The lowest BCUT2D eigenvalue weighted by Crippen LogP contribution is -2.33. The van der Waals surface area contributed by atoms with Crippen LogP contribution in [0.3, 0.4) is 0 Å². The SMILES string of the molecule is Cc1ccc(SOCCOCCNC(=O)c2ccc3c(c2)C(=O)OC32c3ccc(OC(=O)C(C)(C)C)cc3Oc3cc(OC(=O)C(C)(C)C)ccc32)cc1. The Morgan fingerprint density at radius 1 is 0.722 bits per heavy atom. The lowest BCUT2D eigenvalue weighted by Gasteiger charge is -2.36. The van der Waals surface area contributed by atoms with E-state index in [9.17, 15) is 19.2 Å². The predicted octanol–water partition coefficient (Wildman–Crippen LogP) is 7.94. The molecule has 2 heterocycles. The molecule has 2 aliphatic heterocycles. The summed E-state index contributed by atoms with van der Waals surface area (Å²) in [4.78, 5) is 53.4. The number of hydrogen-bond donors (Lipinski definition) is 1. The Kier molecular flexibility index (Phi) is 10.9. The van der Waals surface area contributed by atoms with Crippen LogP contribution in [0.5, 0.6) is 23.0 Å². The van der Waals surface area contributed by atoms with Crippen LogP contribution in [0.15, 0.2) is 83.8 Å². The Labute approximate surface area is 318 Å². The molecular weight excluding hydrogens is 711 g/mol. The highest BCUT2D eigenvalue weighted by Crippen LogP contribution is 2.57. The summed E-state index contributed by atoms with van der Waals surface area (Å²) in [5.74, 6) is -0.913. The van der Waals surface area contributed by atoms with Gasteiger partial charge >= 0.3 is 17.9 Å². The van der Waals surface area contributed by atoms with E-state index in [-0.39, 0.29) is 53.2 Å². The van der Waals surface area contributed by atoms with Crippen LogP contribution in [0.4, 0.5) is 0 Å². The van der Waals surface area contributed by atoms with Gasteiger partial charge in [-0.1, -0.05) is 23.8 Å². The maximum Gasteiger partial charge on any atom is 0.340 e. The molecule has 4 aromatic carbocycles. The number of ether oxygens (including phenoxy) is 5. The van der Waals surface area contributed by atoms with E-state index in [1.165, 1.54) is 23.7 Å². The van der Waals surface area contributed by atoms with Crippen molar-refractivity contribution in [1.82, 2.24) is 5.32 Å². The highest BCUT2D eigenvalue weighted by molar-refractivity contribution is 7.94. The van der Waals surface area contributed by atoms with Crippen molar-refractivity contribution in [3.63, 3.8) is 0 Å². The van der Waals surface area contributed by atoms with E-state index in [0.29, 0.717) is 29.9 Å². The Bertz CT molecular complexity index is 2020. The molecule has 0 aromatic heterocycles. The number of nitrogens with one attached hydrogen (secondary N) is 1. The maximum atomic E-state index is 13.7. The minimum atomic E-state index is -1.49. The van der Waals surface area contributed by atoms with Gasteiger partial charge in [-0.15, -0.1) is 0 Å². The van der Waals surface area contributed by atoms with E-state index >= 15 is 0 Å². The third-order valence-electron chi connectivity index (χ3n) is 8.68. The van der Waals surface area contributed by atoms with Gasteiger partial charge in [0.15, 0.2) is 5.60 Å². The van der Waals surface area contributed by atoms with Crippen molar-refractivity contribution in [2.24, 2.45) is 10.8 Å². The third-order valence-corrected chi connectivity index (χ3v) is 9.43. The molecule has 54 heavy (non-hydrogen) atoms. The molecule has 0 unspecified atom stereocenters. The summed E-state index contributed by atoms with van der Waals surface area (Å²) in [6.45, 7) is 13.8. The smallest absolute Gasteiger partial charge is 0.340 e. The van der Waals surface area contributed by atoms with Gasteiger partial charge in [-0.25, -0.2) is 4.79 Å². The van der Waals surface area contributed by atoms with Crippen LogP contribution in [0.2, 0.25) is 0 Å². The van der Waals surface area contributed by atoms with E-state index in [0.717, 1.165) is 4.90 Å². The number of carbonyl (C=O) groups is 4. The van der Waals surface area contributed by atoms with Crippen molar-refractivity contribution >= 4 is 35.9 Å². The molecule has 0 fully saturated rings. The molecule has 0 radical (unpaired) electrons. The number of fused-ring (bicyclic) bond motifs is 6. The van der Waals surface area contributed by atoms with E-state index in [1.807, 2.05) is 31.2 Å². The van der Waals surface area contributed by atoms with E-state index < -0.39 is 34.3 Å². The lowest BCUT2D eigenvalue weighted by molar-refractivity contribution is -0.143. The molecule has 0 aliphatic carbocycles. The number of amides is 1. The molecule has 1 N–H and O–H groups in total. The number of aryl methyl sites for hydroxylation is 1. The molecule has 282 valence electrons. The van der Waals surface area contributed by atoms with Gasteiger partial charge in [0.25, 0.3) is 5.91 Å². The Balaban J connectivity index is 1.21. The Hall–Kier alpha value is -5.17. The lowest BCUT2D eigenvalue weighted by atomic mass is 9.77. The van der Waals surface area contributed by atoms with Crippen LogP contribution >= 0.6 is 12.0 Å². The van der Waals surface area contributed by atoms with Crippen molar-refractivity contribution in [2.45, 2.75) is 59.0 Å². The van der Waals surface area contributed by atoms with E-state index in [1.54, 1.807) is 90.1 Å². The summed E-state index contributed by atoms with van der Waals surface area (Å²) in [7, 11) is 0. The van der Waals surface area contributed by atoms with Crippen LogP contribution in [0.25, 0.3) is 0 Å². The highest BCUT2D eigenvalue weighted by atomic mass is 32.2. The molecule has 6 rings (SSSR count). The fourth-order valence-corrected chi connectivity index (χ4v) is 6.25.